The highest BCUT2D eigenvalue weighted by molar-refractivity contribution is 7.91. The molecule has 3 rings (SSSR count). The summed E-state index contributed by atoms with van der Waals surface area (Å²) >= 11 is 0. The lowest BCUT2D eigenvalue weighted by atomic mass is 10.0. The number of benzene rings is 2. The van der Waals surface area contributed by atoms with Crippen molar-refractivity contribution in [1.29, 1.82) is 0 Å². The summed E-state index contributed by atoms with van der Waals surface area (Å²) in [5, 5.41) is 10.3. The number of carbonyl (C=O) groups is 3. The molecular weight excluding hydrogens is 462 g/mol. The molecule has 2 aromatic rings. The van der Waals surface area contributed by atoms with E-state index in [2.05, 4.69) is 0 Å². The van der Waals surface area contributed by atoms with E-state index >= 15 is 0 Å². The number of urea groups is 1. The van der Waals surface area contributed by atoms with Crippen LogP contribution in [0.25, 0.3) is 0 Å². The van der Waals surface area contributed by atoms with E-state index in [1.54, 1.807) is 26.0 Å². The van der Waals surface area contributed by atoms with E-state index < -0.39 is 39.1 Å². The lowest BCUT2D eigenvalue weighted by Crippen LogP contribution is -2.46. The van der Waals surface area contributed by atoms with Crippen molar-refractivity contribution >= 4 is 28.2 Å². The third-order valence-corrected chi connectivity index (χ3v) is 7.65. The molecule has 2 aromatic carbocycles. The van der Waals surface area contributed by atoms with Gasteiger partial charge in [0.2, 0.25) is 6.41 Å². The van der Waals surface area contributed by atoms with Gasteiger partial charge in [-0.2, -0.15) is 0 Å². The zero-order valence-electron chi connectivity index (χ0n) is 19.1. The molecule has 0 aliphatic carbocycles. The van der Waals surface area contributed by atoms with Gasteiger partial charge in [-0.1, -0.05) is 18.2 Å². The van der Waals surface area contributed by atoms with Crippen molar-refractivity contribution in [2.45, 2.75) is 36.7 Å². The molecule has 1 atom stereocenters. The van der Waals surface area contributed by atoms with Crippen LogP contribution in [-0.4, -0.2) is 77.8 Å². The Morgan fingerprint density at radius 2 is 1.65 bits per heavy atom. The molecule has 1 heterocycles. The van der Waals surface area contributed by atoms with Crippen LogP contribution >= 0.6 is 0 Å². The number of ether oxygens (including phenoxy) is 1. The number of likely N-dealkylation sites (N-methyl/N-ethyl adjacent to an activating group) is 1. The molecule has 11 heteroatoms. The zero-order chi connectivity index (χ0) is 25.1. The summed E-state index contributed by atoms with van der Waals surface area (Å²) in [5.41, 5.74) is -1.08. The number of hydrogen-bond acceptors (Lipinski definition) is 7. The number of sulfone groups is 1. The van der Waals surface area contributed by atoms with Crippen LogP contribution in [0.15, 0.2) is 59.5 Å². The summed E-state index contributed by atoms with van der Waals surface area (Å²) in [6.45, 7) is 2.82. The van der Waals surface area contributed by atoms with Crippen LogP contribution in [-0.2, 0) is 19.4 Å². The Balaban J connectivity index is 1.69. The SMILES string of the molecule is CN1C(=O)N(CC(CCS(=O)(=O)c2ccc(Oc3ccccc3)cc2)N(O)C=O)C(=O)C1(C)C. The van der Waals surface area contributed by atoms with Crippen molar-refractivity contribution in [2.24, 2.45) is 0 Å². The molecule has 1 saturated heterocycles. The Bertz CT molecular complexity index is 1150. The summed E-state index contributed by atoms with van der Waals surface area (Å²) in [5.74, 6) is 0.152. The minimum absolute atomic E-state index is 0.0384. The molecule has 4 amide bonds. The van der Waals surface area contributed by atoms with Gasteiger partial charge in [0.25, 0.3) is 5.91 Å². The number of imide groups is 1. The summed E-state index contributed by atoms with van der Waals surface area (Å²) in [6, 6.07) is 13.2. The Hall–Kier alpha value is -3.44. The van der Waals surface area contributed by atoms with E-state index in [1.165, 1.54) is 36.2 Å². The first-order valence-electron chi connectivity index (χ1n) is 10.6. The Morgan fingerprint density at radius 1 is 1.06 bits per heavy atom. The van der Waals surface area contributed by atoms with Gasteiger partial charge in [0.15, 0.2) is 9.84 Å². The van der Waals surface area contributed by atoms with Crippen LogP contribution < -0.4 is 4.74 Å². The molecule has 0 bridgehead atoms. The molecule has 1 aliphatic heterocycles. The lowest BCUT2D eigenvalue weighted by molar-refractivity contribution is -0.162. The van der Waals surface area contributed by atoms with Crippen molar-refractivity contribution in [3.05, 3.63) is 54.6 Å². The predicted octanol–water partition coefficient (Wildman–Crippen LogP) is 2.53. The third-order valence-electron chi connectivity index (χ3n) is 5.88. The summed E-state index contributed by atoms with van der Waals surface area (Å²) in [7, 11) is -2.32. The molecule has 0 aromatic heterocycles. The zero-order valence-corrected chi connectivity index (χ0v) is 19.9. The molecule has 0 spiro atoms. The van der Waals surface area contributed by atoms with Gasteiger partial charge in [0.1, 0.15) is 17.0 Å². The van der Waals surface area contributed by atoms with E-state index in [1.807, 2.05) is 18.2 Å². The standard InChI is InChI=1S/C23H27N3O7S/c1-23(2)21(28)25(22(29)24(23)3)15-17(26(30)16-27)13-14-34(31,32)20-11-9-19(10-12-20)33-18-7-5-4-6-8-18/h4-12,16-17,30H,13-15H2,1-3H3. The van der Waals surface area contributed by atoms with Crippen molar-refractivity contribution in [1.82, 2.24) is 14.9 Å². The van der Waals surface area contributed by atoms with Gasteiger partial charge in [-0.05, 0) is 56.7 Å². The third kappa shape index (κ3) is 5.20. The Morgan fingerprint density at radius 3 is 2.18 bits per heavy atom. The fourth-order valence-corrected chi connectivity index (χ4v) is 4.86. The van der Waals surface area contributed by atoms with Crippen LogP contribution in [0.1, 0.15) is 20.3 Å². The minimum atomic E-state index is -3.79. The van der Waals surface area contributed by atoms with Gasteiger partial charge in [-0.25, -0.2) is 18.3 Å². The number of amides is 4. The van der Waals surface area contributed by atoms with Crippen molar-refractivity contribution < 1.29 is 32.7 Å². The maximum atomic E-state index is 12.9. The number of nitrogens with zero attached hydrogens (tertiary/aromatic N) is 3. The van der Waals surface area contributed by atoms with Crippen LogP contribution in [0.3, 0.4) is 0 Å². The normalized spacial score (nSPS) is 16.5. The monoisotopic (exact) mass is 489 g/mol. The summed E-state index contributed by atoms with van der Waals surface area (Å²) < 4.78 is 31.4. The molecule has 1 fully saturated rings. The highest BCUT2D eigenvalue weighted by Gasteiger charge is 2.50. The van der Waals surface area contributed by atoms with Crippen LogP contribution in [0.5, 0.6) is 11.5 Å². The second-order valence-electron chi connectivity index (χ2n) is 8.45. The topological polar surface area (TPSA) is 125 Å². The number of hydroxylamine groups is 2. The Labute approximate surface area is 198 Å². The van der Waals surface area contributed by atoms with Gasteiger partial charge in [-0.15, -0.1) is 0 Å². The first-order chi connectivity index (χ1) is 16.0. The van der Waals surface area contributed by atoms with Crippen molar-refractivity contribution in [3.63, 3.8) is 0 Å². The van der Waals surface area contributed by atoms with Gasteiger partial charge in [0, 0.05) is 7.05 Å². The quantitative estimate of drug-likeness (QED) is 0.235. The molecule has 34 heavy (non-hydrogen) atoms. The van der Waals surface area contributed by atoms with E-state index in [9.17, 15) is 28.0 Å². The fourth-order valence-electron chi connectivity index (χ4n) is 3.49. The molecule has 1 unspecified atom stereocenters. The number of para-hydroxylation sites is 1. The number of hydrogen-bond donors (Lipinski definition) is 1. The van der Waals surface area contributed by atoms with Crippen molar-refractivity contribution in [3.8, 4) is 11.5 Å². The smallest absolute Gasteiger partial charge is 0.327 e. The maximum absolute atomic E-state index is 12.9. The first-order valence-corrected chi connectivity index (χ1v) is 12.2. The average Bonchev–Trinajstić information content (AvgIpc) is 2.96. The molecule has 10 nitrogen and oxygen atoms in total. The van der Waals surface area contributed by atoms with Crippen LogP contribution in [0.2, 0.25) is 0 Å². The maximum Gasteiger partial charge on any atom is 0.327 e. The highest BCUT2D eigenvalue weighted by atomic mass is 32.2. The van der Waals surface area contributed by atoms with Gasteiger partial charge >= 0.3 is 6.03 Å². The lowest BCUT2D eigenvalue weighted by Gasteiger charge is -2.26. The van der Waals surface area contributed by atoms with Gasteiger partial charge in [-0.3, -0.25) is 19.7 Å². The molecular formula is C23H27N3O7S. The van der Waals surface area contributed by atoms with Crippen LogP contribution in [0, 0.1) is 0 Å². The molecule has 1 aliphatic rings. The second-order valence-corrected chi connectivity index (χ2v) is 10.6. The molecule has 1 N–H and O–H groups in total. The first kappa shape index (κ1) is 25.2. The summed E-state index contributed by atoms with van der Waals surface area (Å²) in [6.07, 6.45) is -0.0755. The van der Waals surface area contributed by atoms with Gasteiger partial charge < -0.3 is 9.64 Å². The Kier molecular flexibility index (Phi) is 7.27. The van der Waals surface area contributed by atoms with Crippen LogP contribution in [0.4, 0.5) is 4.79 Å². The molecule has 182 valence electrons. The molecule has 0 radical (unpaired) electrons. The van der Waals surface area contributed by atoms with E-state index in [0.717, 1.165) is 4.90 Å². The second kappa shape index (κ2) is 9.82. The molecule has 0 saturated carbocycles. The predicted molar refractivity (Wildman–Crippen MR) is 122 cm³/mol. The summed E-state index contributed by atoms with van der Waals surface area (Å²) in [4.78, 5) is 38.5. The fraction of sp³-hybridized carbons (Fsp3) is 0.348. The van der Waals surface area contributed by atoms with E-state index in [4.69, 9.17) is 4.74 Å². The van der Waals surface area contributed by atoms with E-state index in [-0.39, 0.29) is 29.3 Å². The van der Waals surface area contributed by atoms with E-state index in [0.29, 0.717) is 11.5 Å². The number of rotatable bonds is 10. The van der Waals surface area contributed by atoms with Gasteiger partial charge in [0.05, 0.1) is 23.2 Å². The number of carbonyl (C=O) groups excluding carboxylic acids is 3. The minimum Gasteiger partial charge on any atom is -0.457 e. The average molecular weight is 490 g/mol. The largest absolute Gasteiger partial charge is 0.457 e. The highest BCUT2D eigenvalue weighted by Crippen LogP contribution is 2.27. The van der Waals surface area contributed by atoms with Crippen molar-refractivity contribution in [2.75, 3.05) is 19.3 Å².